The van der Waals surface area contributed by atoms with Gasteiger partial charge >= 0.3 is 0 Å². The molecule has 1 N–H and O–H groups in total. The smallest absolute Gasteiger partial charge is 0.251 e. The van der Waals surface area contributed by atoms with E-state index in [4.69, 9.17) is 4.98 Å². The summed E-state index contributed by atoms with van der Waals surface area (Å²) in [5.41, 5.74) is 5.87. The molecule has 1 aromatic heterocycles. The number of carbonyl (C=O) groups excluding carboxylic acids is 1. The average molecular weight is 355 g/mol. The molecule has 1 amide bonds. The molecule has 3 aromatic carbocycles. The summed E-state index contributed by atoms with van der Waals surface area (Å²) in [5, 5.41) is 2.67. The third kappa shape index (κ3) is 2.99. The van der Waals surface area contributed by atoms with Gasteiger partial charge in [-0.15, -0.1) is 0 Å². The third-order valence-corrected chi connectivity index (χ3v) is 4.81. The van der Waals surface area contributed by atoms with E-state index < -0.39 is 0 Å². The molecule has 1 heterocycles. The van der Waals surface area contributed by atoms with Gasteiger partial charge in [-0.3, -0.25) is 4.79 Å². The first kappa shape index (κ1) is 17.0. The average Bonchev–Trinajstić information content (AvgIpc) is 3.11. The maximum atomic E-state index is 12.0. The number of nitrogens with one attached hydrogen (secondary N) is 1. The van der Waals surface area contributed by atoms with Gasteiger partial charge in [-0.2, -0.15) is 0 Å². The van der Waals surface area contributed by atoms with Gasteiger partial charge in [0, 0.05) is 24.7 Å². The van der Waals surface area contributed by atoms with Crippen molar-refractivity contribution in [1.29, 1.82) is 0 Å². The van der Waals surface area contributed by atoms with E-state index >= 15 is 0 Å². The number of imidazole rings is 1. The number of aryl methyl sites for hydroxylation is 1. The molecule has 4 heteroatoms. The summed E-state index contributed by atoms with van der Waals surface area (Å²) < 4.78 is 2.20. The summed E-state index contributed by atoms with van der Waals surface area (Å²) in [7, 11) is 1.64. The van der Waals surface area contributed by atoms with Gasteiger partial charge in [0.15, 0.2) is 0 Å². The van der Waals surface area contributed by atoms with E-state index in [9.17, 15) is 4.79 Å². The Morgan fingerprint density at radius 1 is 0.963 bits per heavy atom. The first-order chi connectivity index (χ1) is 13.2. The quantitative estimate of drug-likeness (QED) is 0.574. The van der Waals surface area contributed by atoms with Crippen molar-refractivity contribution in [3.8, 4) is 22.5 Å². The minimum atomic E-state index is -0.103. The fraction of sp³-hybridized carbons (Fsp3) is 0.130. The molecule has 0 atom stereocenters. The molecule has 134 valence electrons. The summed E-state index contributed by atoms with van der Waals surface area (Å²) >= 11 is 0. The van der Waals surface area contributed by atoms with Crippen molar-refractivity contribution < 1.29 is 4.79 Å². The number of aromatic nitrogens is 2. The lowest BCUT2D eigenvalue weighted by Gasteiger charge is -2.11. The van der Waals surface area contributed by atoms with Crippen LogP contribution in [-0.2, 0) is 6.54 Å². The zero-order valence-corrected chi connectivity index (χ0v) is 15.4. The van der Waals surface area contributed by atoms with E-state index in [0.29, 0.717) is 5.56 Å². The number of nitrogens with zero attached hydrogens (tertiary/aromatic N) is 2. The molecule has 0 saturated heterocycles. The van der Waals surface area contributed by atoms with Crippen molar-refractivity contribution >= 4 is 16.9 Å². The highest BCUT2D eigenvalue weighted by Crippen LogP contribution is 2.33. The van der Waals surface area contributed by atoms with Crippen LogP contribution >= 0.6 is 0 Å². The van der Waals surface area contributed by atoms with E-state index in [2.05, 4.69) is 47.1 Å². The van der Waals surface area contributed by atoms with Gasteiger partial charge in [0.2, 0.25) is 0 Å². The van der Waals surface area contributed by atoms with E-state index in [1.807, 2.05) is 42.5 Å². The monoisotopic (exact) mass is 355 g/mol. The molecule has 0 fully saturated rings. The first-order valence-corrected chi connectivity index (χ1v) is 9.10. The van der Waals surface area contributed by atoms with Crippen LogP contribution in [-0.4, -0.2) is 22.5 Å². The minimum Gasteiger partial charge on any atom is -0.355 e. The molecule has 0 aliphatic rings. The van der Waals surface area contributed by atoms with Crippen molar-refractivity contribution in [2.45, 2.75) is 13.5 Å². The zero-order valence-electron chi connectivity index (χ0n) is 15.4. The first-order valence-electron chi connectivity index (χ1n) is 9.10. The van der Waals surface area contributed by atoms with Crippen LogP contribution in [0.15, 0.2) is 72.8 Å². The van der Waals surface area contributed by atoms with Crippen LogP contribution in [0.5, 0.6) is 0 Å². The second-order valence-corrected chi connectivity index (χ2v) is 6.37. The SMILES string of the molecule is CCn1c(-c2ccccc2-c2ccccc2)nc2cc(C(=O)NC)ccc21. The van der Waals surface area contributed by atoms with E-state index in [1.165, 1.54) is 0 Å². The molecule has 0 radical (unpaired) electrons. The van der Waals surface area contributed by atoms with Crippen LogP contribution in [0.25, 0.3) is 33.5 Å². The molecular weight excluding hydrogens is 334 g/mol. The summed E-state index contributed by atoms with van der Waals surface area (Å²) in [6.45, 7) is 2.91. The van der Waals surface area contributed by atoms with Crippen LogP contribution in [0.2, 0.25) is 0 Å². The maximum Gasteiger partial charge on any atom is 0.251 e. The number of fused-ring (bicyclic) bond motifs is 1. The van der Waals surface area contributed by atoms with Crippen LogP contribution in [0.1, 0.15) is 17.3 Å². The molecule has 4 nitrogen and oxygen atoms in total. The maximum absolute atomic E-state index is 12.0. The Balaban J connectivity index is 1.94. The summed E-state index contributed by atoms with van der Waals surface area (Å²) in [6.07, 6.45) is 0. The van der Waals surface area contributed by atoms with Gasteiger partial charge in [-0.05, 0) is 36.2 Å². The van der Waals surface area contributed by atoms with Gasteiger partial charge in [0.05, 0.1) is 11.0 Å². The Hall–Kier alpha value is -3.40. The fourth-order valence-electron chi connectivity index (χ4n) is 3.49. The van der Waals surface area contributed by atoms with E-state index in [-0.39, 0.29) is 5.91 Å². The van der Waals surface area contributed by atoms with Crippen molar-refractivity contribution in [1.82, 2.24) is 14.9 Å². The summed E-state index contributed by atoms with van der Waals surface area (Å²) in [4.78, 5) is 16.9. The van der Waals surface area contributed by atoms with E-state index in [0.717, 1.165) is 40.1 Å². The fourth-order valence-corrected chi connectivity index (χ4v) is 3.49. The second-order valence-electron chi connectivity index (χ2n) is 6.37. The molecular formula is C23H21N3O. The Bertz CT molecular complexity index is 1110. The van der Waals surface area contributed by atoms with Gasteiger partial charge in [0.25, 0.3) is 5.91 Å². The number of hydrogen-bond acceptors (Lipinski definition) is 2. The van der Waals surface area contributed by atoms with Gasteiger partial charge in [-0.1, -0.05) is 54.6 Å². The van der Waals surface area contributed by atoms with Crippen LogP contribution in [0.4, 0.5) is 0 Å². The molecule has 4 rings (SSSR count). The largest absolute Gasteiger partial charge is 0.355 e. The minimum absolute atomic E-state index is 0.103. The lowest BCUT2D eigenvalue weighted by Crippen LogP contribution is -2.17. The molecule has 0 aliphatic carbocycles. The molecule has 0 unspecified atom stereocenters. The van der Waals surface area contributed by atoms with Crippen LogP contribution in [0.3, 0.4) is 0 Å². The van der Waals surface area contributed by atoms with Gasteiger partial charge < -0.3 is 9.88 Å². The highest BCUT2D eigenvalue weighted by molar-refractivity contribution is 5.98. The predicted molar refractivity (Wildman–Crippen MR) is 110 cm³/mol. The van der Waals surface area contributed by atoms with Crippen molar-refractivity contribution in [3.05, 3.63) is 78.4 Å². The zero-order chi connectivity index (χ0) is 18.8. The number of amides is 1. The molecule has 0 saturated carbocycles. The van der Waals surface area contributed by atoms with Crippen LogP contribution < -0.4 is 5.32 Å². The summed E-state index contributed by atoms with van der Waals surface area (Å²) in [6, 6.07) is 24.3. The van der Waals surface area contributed by atoms with Crippen molar-refractivity contribution in [2.75, 3.05) is 7.05 Å². The molecule has 0 aliphatic heterocycles. The van der Waals surface area contributed by atoms with Crippen LogP contribution in [0, 0.1) is 0 Å². The second kappa shape index (κ2) is 7.08. The Labute approximate surface area is 158 Å². The highest BCUT2D eigenvalue weighted by Gasteiger charge is 2.16. The number of benzene rings is 3. The molecule has 0 spiro atoms. The molecule has 4 aromatic rings. The Morgan fingerprint density at radius 2 is 1.67 bits per heavy atom. The number of hydrogen-bond donors (Lipinski definition) is 1. The lowest BCUT2D eigenvalue weighted by atomic mass is 9.99. The third-order valence-electron chi connectivity index (χ3n) is 4.81. The molecule has 0 bridgehead atoms. The lowest BCUT2D eigenvalue weighted by molar-refractivity contribution is 0.0963. The predicted octanol–water partition coefficient (Wildman–Crippen LogP) is 4.75. The molecule has 27 heavy (non-hydrogen) atoms. The number of carbonyl (C=O) groups is 1. The topological polar surface area (TPSA) is 46.9 Å². The Morgan fingerprint density at radius 3 is 2.37 bits per heavy atom. The Kier molecular flexibility index (Phi) is 4.47. The van der Waals surface area contributed by atoms with E-state index in [1.54, 1.807) is 7.05 Å². The highest BCUT2D eigenvalue weighted by atomic mass is 16.1. The van der Waals surface area contributed by atoms with Gasteiger partial charge in [0.1, 0.15) is 5.82 Å². The van der Waals surface area contributed by atoms with Crippen molar-refractivity contribution in [3.63, 3.8) is 0 Å². The van der Waals surface area contributed by atoms with Gasteiger partial charge in [-0.25, -0.2) is 4.98 Å². The standard InChI is InChI=1S/C23H21N3O/c1-3-26-21-14-13-17(23(27)24-2)15-20(21)25-22(26)19-12-8-7-11-18(19)16-9-5-4-6-10-16/h4-15H,3H2,1-2H3,(H,24,27). The van der Waals surface area contributed by atoms with Crippen molar-refractivity contribution in [2.24, 2.45) is 0 Å². The summed E-state index contributed by atoms with van der Waals surface area (Å²) in [5.74, 6) is 0.815. The normalized spacial score (nSPS) is 10.9. The number of rotatable bonds is 4.